The highest BCUT2D eigenvalue weighted by Gasteiger charge is 2.33. The van der Waals surface area contributed by atoms with E-state index in [4.69, 9.17) is 11.6 Å². The molecule has 0 nitrogen and oxygen atoms in total. The van der Waals surface area contributed by atoms with Gasteiger partial charge in [-0.25, -0.2) is 0 Å². The summed E-state index contributed by atoms with van der Waals surface area (Å²) in [6, 6.07) is 13.4. The van der Waals surface area contributed by atoms with Crippen molar-refractivity contribution in [3.63, 3.8) is 0 Å². The lowest BCUT2D eigenvalue weighted by Gasteiger charge is -2.10. The number of benzene rings is 2. The monoisotopic (exact) mass is 255 g/mol. The van der Waals surface area contributed by atoms with E-state index in [-0.39, 0.29) is 5.02 Å². The van der Waals surface area contributed by atoms with Crippen LogP contribution in [0.5, 0.6) is 0 Å². The van der Waals surface area contributed by atoms with Crippen LogP contribution in [0.15, 0.2) is 42.5 Å². The number of hydrogen-bond donors (Lipinski definition) is 0. The maximum Gasteiger partial charge on any atom is 0.417 e. The van der Waals surface area contributed by atoms with Crippen LogP contribution in [0.4, 0.5) is 13.2 Å². The van der Waals surface area contributed by atoms with Crippen LogP contribution in [0.2, 0.25) is 5.02 Å². The van der Waals surface area contributed by atoms with Crippen molar-refractivity contribution in [3.8, 4) is 11.1 Å². The maximum atomic E-state index is 12.7. The Hall–Kier alpha value is -1.48. The Morgan fingerprint density at radius 3 is 2.18 bits per heavy atom. The highest BCUT2D eigenvalue weighted by Crippen LogP contribution is 2.37. The predicted molar refractivity (Wildman–Crippen MR) is 60.7 cm³/mol. The summed E-state index contributed by atoms with van der Waals surface area (Å²) in [6.45, 7) is 0. The lowest BCUT2D eigenvalue weighted by Crippen LogP contribution is -2.05. The van der Waals surface area contributed by atoms with E-state index >= 15 is 0 Å². The molecule has 0 amide bonds. The Balaban J connectivity index is 2.53. The van der Waals surface area contributed by atoms with Crippen molar-refractivity contribution in [2.24, 2.45) is 0 Å². The predicted octanol–water partition coefficient (Wildman–Crippen LogP) is 4.83. The van der Waals surface area contributed by atoms with E-state index in [1.807, 2.05) is 0 Å². The molecule has 0 saturated carbocycles. The number of rotatable bonds is 1. The fourth-order valence-electron chi connectivity index (χ4n) is 1.50. The minimum Gasteiger partial charge on any atom is -0.166 e. The van der Waals surface area contributed by atoms with Crippen LogP contribution in [-0.4, -0.2) is 0 Å². The Morgan fingerprint density at radius 1 is 0.941 bits per heavy atom. The zero-order chi connectivity index (χ0) is 12.5. The van der Waals surface area contributed by atoms with E-state index in [9.17, 15) is 13.2 Å². The van der Waals surface area contributed by atoms with Gasteiger partial charge < -0.3 is 0 Å². The summed E-state index contributed by atoms with van der Waals surface area (Å²) in [6.07, 6.45) is -4.44. The van der Waals surface area contributed by atoms with Crippen molar-refractivity contribution in [1.29, 1.82) is 0 Å². The lowest BCUT2D eigenvalue weighted by atomic mass is 10.0. The first-order chi connectivity index (χ1) is 7.98. The van der Waals surface area contributed by atoms with E-state index in [1.54, 1.807) is 30.3 Å². The first-order valence-electron chi connectivity index (χ1n) is 4.82. The minimum atomic E-state index is -4.44. The van der Waals surface area contributed by atoms with Crippen molar-refractivity contribution in [2.75, 3.05) is 0 Å². The number of hydrogen-bond acceptors (Lipinski definition) is 0. The second-order valence-electron chi connectivity index (χ2n) is 3.48. The molecule has 0 saturated heterocycles. The van der Waals surface area contributed by atoms with Crippen LogP contribution in [-0.2, 0) is 6.18 Å². The Labute approximate surface area is 102 Å². The molecule has 0 aliphatic carbocycles. The summed E-state index contributed by atoms with van der Waals surface area (Å²) < 4.78 is 38.0. The molecule has 2 aromatic carbocycles. The first kappa shape index (κ1) is 12.0. The minimum absolute atomic E-state index is 0.288. The van der Waals surface area contributed by atoms with Gasteiger partial charge in [-0.15, -0.1) is 0 Å². The van der Waals surface area contributed by atoms with E-state index in [1.165, 1.54) is 6.07 Å². The molecule has 2 aromatic rings. The van der Waals surface area contributed by atoms with Crippen LogP contribution >= 0.6 is 11.6 Å². The molecule has 0 spiro atoms. The van der Waals surface area contributed by atoms with Gasteiger partial charge in [0.1, 0.15) is 0 Å². The third-order valence-corrected chi connectivity index (χ3v) is 2.65. The number of alkyl halides is 3. The van der Waals surface area contributed by atoms with Gasteiger partial charge >= 0.3 is 6.18 Å². The average Bonchev–Trinajstić information content (AvgIpc) is 2.29. The lowest BCUT2D eigenvalue weighted by molar-refractivity contribution is -0.137. The molecular formula is C13H7ClF3. The molecule has 0 aliphatic rings. The average molecular weight is 256 g/mol. The molecule has 0 fully saturated rings. The quantitative estimate of drug-likeness (QED) is 0.685. The second kappa shape index (κ2) is 4.41. The summed E-state index contributed by atoms with van der Waals surface area (Å²) in [7, 11) is 0. The van der Waals surface area contributed by atoms with Gasteiger partial charge in [-0.1, -0.05) is 41.9 Å². The molecule has 0 aliphatic heterocycles. The van der Waals surface area contributed by atoms with Crippen molar-refractivity contribution in [2.45, 2.75) is 6.18 Å². The van der Waals surface area contributed by atoms with Gasteiger partial charge in [-0.3, -0.25) is 0 Å². The summed E-state index contributed by atoms with van der Waals surface area (Å²) in [4.78, 5) is 0. The molecular weight excluding hydrogens is 249 g/mol. The van der Waals surface area contributed by atoms with E-state index in [0.717, 1.165) is 6.07 Å². The maximum absolute atomic E-state index is 12.7. The summed E-state index contributed by atoms with van der Waals surface area (Å²) in [5.41, 5.74) is 0.367. The standard InChI is InChI=1S/C13H7ClF3/c14-12-7-6-10(8-11(12)13(15,16)17)9-4-2-1-3-5-9/h2-8H. The largest absolute Gasteiger partial charge is 0.417 e. The van der Waals surface area contributed by atoms with E-state index in [0.29, 0.717) is 11.1 Å². The van der Waals surface area contributed by atoms with Crippen LogP contribution < -0.4 is 0 Å². The van der Waals surface area contributed by atoms with Gasteiger partial charge in [-0.05, 0) is 29.3 Å². The topological polar surface area (TPSA) is 0 Å². The van der Waals surface area contributed by atoms with Crippen molar-refractivity contribution < 1.29 is 13.2 Å². The molecule has 17 heavy (non-hydrogen) atoms. The van der Waals surface area contributed by atoms with E-state index < -0.39 is 11.7 Å². The molecule has 0 unspecified atom stereocenters. The fourth-order valence-corrected chi connectivity index (χ4v) is 1.73. The summed E-state index contributed by atoms with van der Waals surface area (Å²) in [5.74, 6) is 0. The van der Waals surface area contributed by atoms with Crippen LogP contribution in [0.3, 0.4) is 0 Å². The first-order valence-corrected chi connectivity index (χ1v) is 5.19. The smallest absolute Gasteiger partial charge is 0.166 e. The zero-order valence-corrected chi connectivity index (χ0v) is 9.31. The zero-order valence-electron chi connectivity index (χ0n) is 8.55. The highest BCUT2D eigenvalue weighted by atomic mass is 35.5. The molecule has 0 atom stereocenters. The van der Waals surface area contributed by atoms with Gasteiger partial charge in [0.05, 0.1) is 10.6 Å². The summed E-state index contributed by atoms with van der Waals surface area (Å²) in [5, 5.41) is -0.288. The Kier molecular flexibility index (Phi) is 3.11. The van der Waals surface area contributed by atoms with Crippen molar-refractivity contribution in [1.82, 2.24) is 0 Å². The van der Waals surface area contributed by atoms with Crippen molar-refractivity contribution in [3.05, 3.63) is 59.1 Å². The molecule has 0 aromatic heterocycles. The van der Waals surface area contributed by atoms with Gasteiger partial charge in [0.15, 0.2) is 0 Å². The van der Waals surface area contributed by atoms with Crippen LogP contribution in [0.25, 0.3) is 11.1 Å². The third-order valence-electron chi connectivity index (χ3n) is 2.32. The SMILES string of the molecule is FC(F)(F)c1cc(-c2cc[c]cc2)ccc1Cl. The van der Waals surface area contributed by atoms with Gasteiger partial charge in [-0.2, -0.15) is 13.2 Å². The molecule has 1 radical (unpaired) electrons. The molecule has 0 heterocycles. The Bertz CT molecular complexity index is 518. The van der Waals surface area contributed by atoms with Crippen LogP contribution in [0, 0.1) is 6.07 Å². The van der Waals surface area contributed by atoms with Gasteiger partial charge in [0.2, 0.25) is 0 Å². The molecule has 0 N–H and O–H groups in total. The van der Waals surface area contributed by atoms with Gasteiger partial charge in [0, 0.05) is 0 Å². The summed E-state index contributed by atoms with van der Waals surface area (Å²) >= 11 is 5.54. The molecule has 2 rings (SSSR count). The molecule has 87 valence electrons. The van der Waals surface area contributed by atoms with Gasteiger partial charge in [0.25, 0.3) is 0 Å². The van der Waals surface area contributed by atoms with Crippen LogP contribution in [0.1, 0.15) is 5.56 Å². The third kappa shape index (κ3) is 2.61. The number of halogens is 4. The normalized spacial score (nSPS) is 11.5. The fraction of sp³-hybridized carbons (Fsp3) is 0.0769. The van der Waals surface area contributed by atoms with E-state index in [2.05, 4.69) is 6.07 Å². The molecule has 0 bridgehead atoms. The highest BCUT2D eigenvalue weighted by molar-refractivity contribution is 6.31. The Morgan fingerprint density at radius 2 is 1.59 bits per heavy atom. The van der Waals surface area contributed by atoms with Crippen molar-refractivity contribution >= 4 is 11.6 Å². The molecule has 4 heteroatoms. The second-order valence-corrected chi connectivity index (χ2v) is 3.89.